The summed E-state index contributed by atoms with van der Waals surface area (Å²) in [7, 11) is -1.59. The third-order valence-electron chi connectivity index (χ3n) is 2.52. The van der Waals surface area contributed by atoms with E-state index in [1.54, 1.807) is 0 Å². The van der Waals surface area contributed by atoms with Gasteiger partial charge in [0, 0.05) is 5.92 Å². The molecule has 1 N–H and O–H groups in total. The Bertz CT molecular complexity index is 246. The number of aliphatic hydroxyl groups excluding tert-OH is 1. The van der Waals surface area contributed by atoms with E-state index in [0.717, 1.165) is 5.76 Å². The highest BCUT2D eigenvalue weighted by atomic mass is 28.4. The Hall–Kier alpha value is -0.283. The zero-order valence-electron chi connectivity index (χ0n) is 12.1. The Morgan fingerprint density at radius 3 is 1.94 bits per heavy atom. The molecule has 0 bridgehead atoms. The second kappa shape index (κ2) is 5.37. The van der Waals surface area contributed by atoms with Gasteiger partial charge in [0.25, 0.3) is 0 Å². The molecule has 0 radical (unpaired) electrons. The Morgan fingerprint density at radius 2 is 1.69 bits per heavy atom. The maximum Gasteiger partial charge on any atom is 0.241 e. The van der Waals surface area contributed by atoms with Crippen LogP contribution in [0.2, 0.25) is 19.6 Å². The van der Waals surface area contributed by atoms with Crippen molar-refractivity contribution in [2.45, 2.75) is 60.4 Å². The molecule has 0 fully saturated rings. The van der Waals surface area contributed by atoms with Crippen LogP contribution in [0.5, 0.6) is 0 Å². The highest BCUT2D eigenvalue weighted by Crippen LogP contribution is 2.30. The lowest BCUT2D eigenvalue weighted by Gasteiger charge is -2.34. The fraction of sp³-hybridized carbons (Fsp3) is 0.846. The smallest absolute Gasteiger partial charge is 0.241 e. The van der Waals surface area contributed by atoms with Crippen molar-refractivity contribution in [3.63, 3.8) is 0 Å². The van der Waals surface area contributed by atoms with Crippen molar-refractivity contribution in [2.24, 2.45) is 11.3 Å². The van der Waals surface area contributed by atoms with Crippen LogP contribution in [0, 0.1) is 11.3 Å². The summed E-state index contributed by atoms with van der Waals surface area (Å²) in [4.78, 5) is 0. The summed E-state index contributed by atoms with van der Waals surface area (Å²) >= 11 is 0. The predicted octanol–water partition coefficient (Wildman–Crippen LogP) is 3.78. The lowest BCUT2D eigenvalue weighted by Crippen LogP contribution is -2.36. The van der Waals surface area contributed by atoms with Gasteiger partial charge >= 0.3 is 0 Å². The van der Waals surface area contributed by atoms with E-state index in [1.165, 1.54) is 0 Å². The largest absolute Gasteiger partial charge is 0.547 e. The van der Waals surface area contributed by atoms with Crippen molar-refractivity contribution < 1.29 is 9.53 Å². The molecule has 3 heteroatoms. The third-order valence-corrected chi connectivity index (χ3v) is 3.37. The molecule has 0 heterocycles. The van der Waals surface area contributed by atoms with Gasteiger partial charge in [-0.05, 0) is 32.0 Å². The zero-order chi connectivity index (χ0) is 13.1. The molecular weight excluding hydrogens is 216 g/mol. The molecule has 0 saturated carbocycles. The Morgan fingerprint density at radius 1 is 1.25 bits per heavy atom. The summed E-state index contributed by atoms with van der Waals surface area (Å²) in [6.45, 7) is 16.6. The first-order valence-electron chi connectivity index (χ1n) is 6.02. The van der Waals surface area contributed by atoms with E-state index in [-0.39, 0.29) is 17.4 Å². The number of allylic oxidation sites excluding steroid dienone is 1. The SMILES string of the molecule is C/C=C(/O[Si](C)(C)C)[C@H](C)[C@H](O)C(C)(C)C. The van der Waals surface area contributed by atoms with E-state index < -0.39 is 8.32 Å². The fourth-order valence-corrected chi connectivity index (χ4v) is 2.68. The fourth-order valence-electron chi connectivity index (χ4n) is 1.67. The van der Waals surface area contributed by atoms with Crippen molar-refractivity contribution >= 4 is 8.32 Å². The molecule has 0 aromatic carbocycles. The summed E-state index contributed by atoms with van der Waals surface area (Å²) in [6.07, 6.45) is 1.60. The molecule has 0 aliphatic rings. The maximum atomic E-state index is 10.2. The average molecular weight is 244 g/mol. The van der Waals surface area contributed by atoms with Crippen molar-refractivity contribution in [3.05, 3.63) is 11.8 Å². The van der Waals surface area contributed by atoms with E-state index in [4.69, 9.17) is 4.43 Å². The molecule has 0 rings (SSSR count). The van der Waals surface area contributed by atoms with Gasteiger partial charge in [0.2, 0.25) is 8.32 Å². The molecule has 0 aliphatic heterocycles. The summed E-state index contributed by atoms with van der Waals surface area (Å²) in [5.41, 5.74) is -0.115. The van der Waals surface area contributed by atoms with Crippen molar-refractivity contribution in [1.29, 1.82) is 0 Å². The molecule has 0 saturated heterocycles. The van der Waals surface area contributed by atoms with Crippen LogP contribution >= 0.6 is 0 Å². The normalized spacial score (nSPS) is 18.2. The minimum absolute atomic E-state index is 0.0525. The molecule has 0 unspecified atom stereocenters. The topological polar surface area (TPSA) is 29.5 Å². The van der Waals surface area contributed by atoms with Crippen LogP contribution < -0.4 is 0 Å². The number of hydrogen-bond donors (Lipinski definition) is 1. The Labute approximate surface area is 102 Å². The molecule has 96 valence electrons. The molecule has 0 aliphatic carbocycles. The van der Waals surface area contributed by atoms with Gasteiger partial charge in [-0.2, -0.15) is 0 Å². The lowest BCUT2D eigenvalue weighted by atomic mass is 9.81. The molecule has 16 heavy (non-hydrogen) atoms. The summed E-state index contributed by atoms with van der Waals surface area (Å²) in [5.74, 6) is 0.985. The van der Waals surface area contributed by atoms with Gasteiger partial charge in [0.15, 0.2) is 0 Å². The maximum absolute atomic E-state index is 10.2. The minimum atomic E-state index is -1.59. The molecule has 2 atom stereocenters. The van der Waals surface area contributed by atoms with Crippen LogP contribution in [0.25, 0.3) is 0 Å². The van der Waals surface area contributed by atoms with Crippen LogP contribution in [-0.2, 0) is 4.43 Å². The first-order valence-corrected chi connectivity index (χ1v) is 9.43. The van der Waals surface area contributed by atoms with Crippen LogP contribution in [0.1, 0.15) is 34.6 Å². The molecule has 2 nitrogen and oxygen atoms in total. The van der Waals surface area contributed by atoms with Crippen LogP contribution in [0.15, 0.2) is 11.8 Å². The van der Waals surface area contributed by atoms with Gasteiger partial charge in [-0.25, -0.2) is 0 Å². The highest BCUT2D eigenvalue weighted by Gasteiger charge is 2.32. The molecular formula is C13H28O2Si. The monoisotopic (exact) mass is 244 g/mol. The van der Waals surface area contributed by atoms with E-state index in [0.29, 0.717) is 0 Å². The standard InChI is InChI=1S/C13H28O2Si/c1-9-11(15-16(6,7)8)10(2)12(14)13(3,4)5/h9-10,12,14H,1-8H3/b11-9+/t10-,12-/m0/s1. The first-order chi connectivity index (χ1) is 6.99. The first kappa shape index (κ1) is 15.7. The van der Waals surface area contributed by atoms with E-state index >= 15 is 0 Å². The molecule has 0 aromatic heterocycles. The van der Waals surface area contributed by atoms with Gasteiger partial charge in [0.1, 0.15) is 0 Å². The number of rotatable bonds is 4. The van der Waals surface area contributed by atoms with E-state index in [1.807, 2.05) is 19.9 Å². The third kappa shape index (κ3) is 5.17. The van der Waals surface area contributed by atoms with Crippen LogP contribution in [0.4, 0.5) is 0 Å². The van der Waals surface area contributed by atoms with Gasteiger partial charge < -0.3 is 9.53 Å². The minimum Gasteiger partial charge on any atom is -0.547 e. The number of aliphatic hydroxyl groups is 1. The summed E-state index contributed by atoms with van der Waals surface area (Å²) < 4.78 is 6.01. The molecule has 0 amide bonds. The van der Waals surface area contributed by atoms with Crippen molar-refractivity contribution in [1.82, 2.24) is 0 Å². The van der Waals surface area contributed by atoms with Gasteiger partial charge in [-0.3, -0.25) is 0 Å². The molecule has 0 spiro atoms. The second-order valence-corrected chi connectivity index (χ2v) is 10.9. The summed E-state index contributed by atoms with van der Waals surface area (Å²) in [5, 5.41) is 10.2. The Balaban J connectivity index is 4.75. The van der Waals surface area contributed by atoms with Gasteiger partial charge in [0.05, 0.1) is 11.9 Å². The number of hydrogen-bond acceptors (Lipinski definition) is 2. The lowest BCUT2D eigenvalue weighted by molar-refractivity contribution is 0.0186. The Kier molecular flexibility index (Phi) is 5.27. The second-order valence-electron chi connectivity index (χ2n) is 6.51. The van der Waals surface area contributed by atoms with Crippen molar-refractivity contribution in [2.75, 3.05) is 0 Å². The van der Waals surface area contributed by atoms with Gasteiger partial charge in [-0.15, -0.1) is 0 Å². The average Bonchev–Trinajstić information content (AvgIpc) is 2.08. The van der Waals surface area contributed by atoms with E-state index in [9.17, 15) is 5.11 Å². The molecule has 0 aromatic rings. The van der Waals surface area contributed by atoms with Gasteiger partial charge in [-0.1, -0.05) is 33.8 Å². The summed E-state index contributed by atoms with van der Waals surface area (Å²) in [6, 6.07) is 0. The quantitative estimate of drug-likeness (QED) is 0.602. The highest BCUT2D eigenvalue weighted by molar-refractivity contribution is 6.70. The predicted molar refractivity (Wildman–Crippen MR) is 72.8 cm³/mol. The van der Waals surface area contributed by atoms with Crippen LogP contribution in [0.3, 0.4) is 0 Å². The van der Waals surface area contributed by atoms with Crippen LogP contribution in [-0.4, -0.2) is 19.5 Å². The zero-order valence-corrected chi connectivity index (χ0v) is 13.1. The van der Waals surface area contributed by atoms with Crippen molar-refractivity contribution in [3.8, 4) is 0 Å². The van der Waals surface area contributed by atoms with E-state index in [2.05, 4.69) is 40.4 Å².